The Balaban J connectivity index is 1.24. The number of benzene rings is 4. The van der Waals surface area contributed by atoms with E-state index < -0.39 is 10.8 Å². The summed E-state index contributed by atoms with van der Waals surface area (Å²) in [6.07, 6.45) is 1.62. The minimum Gasteiger partial charge on any atom is -0.493 e. The van der Waals surface area contributed by atoms with Crippen molar-refractivity contribution in [2.75, 3.05) is 20.3 Å². The molecule has 5 rings (SSSR count). The largest absolute Gasteiger partial charge is 0.493 e. The van der Waals surface area contributed by atoms with Gasteiger partial charge in [-0.1, -0.05) is 54.6 Å². The predicted molar refractivity (Wildman–Crippen MR) is 153 cm³/mol. The minimum atomic E-state index is -0.457. The molecule has 40 heavy (non-hydrogen) atoms. The molecule has 2 amide bonds. The third-order valence-electron chi connectivity index (χ3n) is 6.25. The highest BCUT2D eigenvalue weighted by Gasteiger charge is 2.34. The van der Waals surface area contributed by atoms with E-state index in [0.717, 1.165) is 22.5 Å². The number of para-hydroxylation sites is 1. The second-order valence-corrected chi connectivity index (χ2v) is 9.74. The van der Waals surface area contributed by atoms with Gasteiger partial charge >= 0.3 is 0 Å². The number of hydrogen-bond acceptors (Lipinski definition) is 8. The number of rotatable bonds is 10. The summed E-state index contributed by atoms with van der Waals surface area (Å²) in [5, 5.41) is 12.9. The third-order valence-corrected chi connectivity index (χ3v) is 7.16. The van der Waals surface area contributed by atoms with E-state index >= 15 is 0 Å². The van der Waals surface area contributed by atoms with Gasteiger partial charge in [-0.15, -0.1) is 0 Å². The van der Waals surface area contributed by atoms with Crippen LogP contribution in [0, 0.1) is 10.1 Å². The standard InChI is InChI=1S/C30H24N2O7S/c1-37-27-17-20(13-14-26(27)39-19-22-8-3-5-11-24(22)32(35)36)18-28-29(33)31(30(34)40-28)15-16-38-25-12-6-9-21-7-2-4-10-23(21)25/h2-14,17-18H,15-16,19H2,1H3/b28-18-. The molecule has 0 spiro atoms. The molecule has 10 heteroatoms. The number of nitro groups is 1. The fourth-order valence-corrected chi connectivity index (χ4v) is 5.14. The van der Waals surface area contributed by atoms with Crippen LogP contribution in [0.15, 0.2) is 89.8 Å². The topological polar surface area (TPSA) is 108 Å². The van der Waals surface area contributed by atoms with Crippen LogP contribution < -0.4 is 14.2 Å². The fraction of sp³-hybridized carbons (Fsp3) is 0.133. The van der Waals surface area contributed by atoms with Crippen LogP contribution in [-0.4, -0.2) is 41.2 Å². The number of carbonyl (C=O) groups excluding carboxylic acids is 2. The van der Waals surface area contributed by atoms with Gasteiger partial charge in [0.25, 0.3) is 16.8 Å². The van der Waals surface area contributed by atoms with Crippen molar-refractivity contribution in [2.24, 2.45) is 0 Å². The summed E-state index contributed by atoms with van der Waals surface area (Å²) in [7, 11) is 1.47. The normalized spacial score (nSPS) is 14.1. The SMILES string of the molecule is COc1cc(/C=C2\SC(=O)N(CCOc3cccc4ccccc34)C2=O)ccc1OCc1ccccc1[N+](=O)[O-]. The summed E-state index contributed by atoms with van der Waals surface area (Å²) in [6, 6.07) is 25.0. The Morgan fingerprint density at radius 1 is 0.900 bits per heavy atom. The molecule has 9 nitrogen and oxygen atoms in total. The summed E-state index contributed by atoms with van der Waals surface area (Å²) in [5.41, 5.74) is 1.03. The van der Waals surface area contributed by atoms with Crippen LogP contribution in [0.5, 0.6) is 17.2 Å². The second kappa shape index (κ2) is 11.9. The first kappa shape index (κ1) is 26.8. The lowest BCUT2D eigenvalue weighted by molar-refractivity contribution is -0.385. The first-order valence-electron chi connectivity index (χ1n) is 12.3. The Hall–Kier alpha value is -4.83. The van der Waals surface area contributed by atoms with Crippen LogP contribution in [0.2, 0.25) is 0 Å². The van der Waals surface area contributed by atoms with Crippen LogP contribution in [-0.2, 0) is 11.4 Å². The molecule has 0 N–H and O–H groups in total. The molecular formula is C30H24N2O7S. The Labute approximate surface area is 234 Å². The van der Waals surface area contributed by atoms with E-state index in [1.807, 2.05) is 42.5 Å². The monoisotopic (exact) mass is 556 g/mol. The molecule has 1 aliphatic heterocycles. The quantitative estimate of drug-likeness (QED) is 0.125. The average molecular weight is 557 g/mol. The van der Waals surface area contributed by atoms with Gasteiger partial charge < -0.3 is 14.2 Å². The van der Waals surface area contributed by atoms with Crippen LogP contribution in [0.4, 0.5) is 10.5 Å². The summed E-state index contributed by atoms with van der Waals surface area (Å²) in [6.45, 7) is 0.262. The van der Waals surface area contributed by atoms with Crippen molar-refractivity contribution in [2.45, 2.75) is 6.61 Å². The lowest BCUT2D eigenvalue weighted by Gasteiger charge is -2.14. The van der Waals surface area contributed by atoms with E-state index in [9.17, 15) is 19.7 Å². The van der Waals surface area contributed by atoms with E-state index in [1.165, 1.54) is 18.1 Å². The molecule has 0 radical (unpaired) electrons. The van der Waals surface area contributed by atoms with Gasteiger partial charge in [-0.3, -0.25) is 24.6 Å². The number of nitro benzene ring substituents is 1. The number of carbonyl (C=O) groups is 2. The summed E-state index contributed by atoms with van der Waals surface area (Å²) < 4.78 is 17.1. The molecule has 1 saturated heterocycles. The molecule has 0 bridgehead atoms. The lowest BCUT2D eigenvalue weighted by atomic mass is 10.1. The van der Waals surface area contributed by atoms with Crippen LogP contribution in [0.25, 0.3) is 16.8 Å². The molecule has 1 aliphatic rings. The van der Waals surface area contributed by atoms with Crippen molar-refractivity contribution in [3.8, 4) is 17.2 Å². The zero-order chi connectivity index (χ0) is 28.1. The van der Waals surface area contributed by atoms with Gasteiger partial charge in [0.05, 0.1) is 29.0 Å². The first-order chi connectivity index (χ1) is 19.4. The third kappa shape index (κ3) is 5.76. The molecule has 0 atom stereocenters. The van der Waals surface area contributed by atoms with Gasteiger partial charge in [-0.25, -0.2) is 0 Å². The Morgan fingerprint density at radius 3 is 2.50 bits per heavy atom. The number of imide groups is 1. The van der Waals surface area contributed by atoms with E-state index in [-0.39, 0.29) is 35.6 Å². The zero-order valence-electron chi connectivity index (χ0n) is 21.4. The maximum absolute atomic E-state index is 13.0. The Morgan fingerprint density at radius 2 is 1.68 bits per heavy atom. The Bertz CT molecular complexity index is 1630. The number of methoxy groups -OCH3 is 1. The second-order valence-electron chi connectivity index (χ2n) is 8.74. The number of nitrogens with zero attached hydrogens (tertiary/aromatic N) is 2. The molecule has 0 aromatic heterocycles. The van der Waals surface area contributed by atoms with Gasteiger partial charge in [0.1, 0.15) is 19.0 Å². The van der Waals surface area contributed by atoms with Crippen LogP contribution >= 0.6 is 11.8 Å². The number of thioether (sulfide) groups is 1. The van der Waals surface area contributed by atoms with E-state index in [4.69, 9.17) is 14.2 Å². The van der Waals surface area contributed by atoms with Gasteiger partial charge in [0.2, 0.25) is 0 Å². The number of fused-ring (bicyclic) bond motifs is 1. The van der Waals surface area contributed by atoms with Gasteiger partial charge in [0, 0.05) is 11.5 Å². The van der Waals surface area contributed by atoms with E-state index in [1.54, 1.807) is 42.5 Å². The molecule has 4 aromatic carbocycles. The molecule has 1 fully saturated rings. The van der Waals surface area contributed by atoms with Gasteiger partial charge in [0.15, 0.2) is 11.5 Å². The van der Waals surface area contributed by atoms with Crippen molar-refractivity contribution >= 4 is 45.4 Å². The van der Waals surface area contributed by atoms with Crippen molar-refractivity contribution in [3.05, 3.63) is 111 Å². The first-order valence-corrected chi connectivity index (χ1v) is 13.2. The molecule has 1 heterocycles. The highest BCUT2D eigenvalue weighted by molar-refractivity contribution is 8.18. The van der Waals surface area contributed by atoms with Crippen molar-refractivity contribution in [3.63, 3.8) is 0 Å². The molecule has 202 valence electrons. The molecular weight excluding hydrogens is 532 g/mol. The number of hydrogen-bond donors (Lipinski definition) is 0. The van der Waals surface area contributed by atoms with Crippen molar-refractivity contribution in [1.29, 1.82) is 0 Å². The summed E-state index contributed by atoms with van der Waals surface area (Å²) in [5.74, 6) is 1.07. The number of amides is 2. The van der Waals surface area contributed by atoms with Crippen molar-refractivity contribution in [1.82, 2.24) is 4.90 Å². The highest BCUT2D eigenvalue weighted by atomic mass is 32.2. The number of ether oxygens (including phenoxy) is 3. The zero-order valence-corrected chi connectivity index (χ0v) is 22.3. The summed E-state index contributed by atoms with van der Waals surface area (Å²) in [4.78, 5) is 37.8. The van der Waals surface area contributed by atoms with Crippen LogP contribution in [0.1, 0.15) is 11.1 Å². The highest BCUT2D eigenvalue weighted by Crippen LogP contribution is 2.35. The molecule has 0 saturated carbocycles. The Kier molecular flexibility index (Phi) is 7.97. The van der Waals surface area contributed by atoms with E-state index in [0.29, 0.717) is 28.4 Å². The summed E-state index contributed by atoms with van der Waals surface area (Å²) >= 11 is 0.862. The average Bonchev–Trinajstić information content (AvgIpc) is 3.23. The smallest absolute Gasteiger partial charge is 0.293 e. The molecule has 0 unspecified atom stereocenters. The predicted octanol–water partition coefficient (Wildman–Crippen LogP) is 6.45. The van der Waals surface area contributed by atoms with Gasteiger partial charge in [-0.05, 0) is 53.1 Å². The fourth-order valence-electron chi connectivity index (χ4n) is 4.27. The minimum absolute atomic E-state index is 0.0212. The molecule has 0 aliphatic carbocycles. The molecule has 4 aromatic rings. The van der Waals surface area contributed by atoms with E-state index in [2.05, 4.69) is 0 Å². The van der Waals surface area contributed by atoms with Crippen molar-refractivity contribution < 1.29 is 28.7 Å². The maximum Gasteiger partial charge on any atom is 0.293 e. The van der Waals surface area contributed by atoms with Crippen LogP contribution in [0.3, 0.4) is 0 Å². The van der Waals surface area contributed by atoms with Gasteiger partial charge in [-0.2, -0.15) is 0 Å². The maximum atomic E-state index is 13.0. The lowest BCUT2D eigenvalue weighted by Crippen LogP contribution is -2.32.